The highest BCUT2D eigenvalue weighted by molar-refractivity contribution is 5.89. The van der Waals surface area contributed by atoms with Crippen LogP contribution in [0.3, 0.4) is 0 Å². The van der Waals surface area contributed by atoms with Gasteiger partial charge in [0.1, 0.15) is 0 Å². The molecular weight excluding hydrogens is 218 g/mol. The number of amides is 2. The van der Waals surface area contributed by atoms with Crippen molar-refractivity contribution in [1.29, 1.82) is 0 Å². The SMILES string of the molecule is C[C@](N)(Cc1ccccc1)C(=O)NCC(N)=O. The van der Waals surface area contributed by atoms with Gasteiger partial charge in [0.15, 0.2) is 0 Å². The lowest BCUT2D eigenvalue weighted by atomic mass is 9.93. The summed E-state index contributed by atoms with van der Waals surface area (Å²) in [7, 11) is 0. The highest BCUT2D eigenvalue weighted by Crippen LogP contribution is 2.10. The van der Waals surface area contributed by atoms with Crippen LogP contribution in [0.5, 0.6) is 0 Å². The van der Waals surface area contributed by atoms with E-state index < -0.39 is 11.4 Å². The van der Waals surface area contributed by atoms with Gasteiger partial charge in [0, 0.05) is 0 Å². The highest BCUT2D eigenvalue weighted by atomic mass is 16.2. The Morgan fingerprint density at radius 1 is 1.29 bits per heavy atom. The number of nitrogens with two attached hydrogens (primary N) is 2. The van der Waals surface area contributed by atoms with E-state index >= 15 is 0 Å². The molecule has 2 amide bonds. The zero-order valence-electron chi connectivity index (χ0n) is 9.77. The average molecular weight is 235 g/mol. The summed E-state index contributed by atoms with van der Waals surface area (Å²) >= 11 is 0. The van der Waals surface area contributed by atoms with E-state index in [1.165, 1.54) is 0 Å². The van der Waals surface area contributed by atoms with E-state index in [0.717, 1.165) is 5.56 Å². The summed E-state index contributed by atoms with van der Waals surface area (Å²) in [5.74, 6) is -0.978. The average Bonchev–Trinajstić information content (AvgIpc) is 2.26. The molecule has 0 aliphatic carbocycles. The van der Waals surface area contributed by atoms with E-state index in [1.54, 1.807) is 6.92 Å². The first kappa shape index (κ1) is 13.2. The molecule has 1 rings (SSSR count). The Bertz CT molecular complexity index is 401. The second-order valence-corrected chi connectivity index (χ2v) is 4.23. The molecule has 0 aliphatic heterocycles. The van der Waals surface area contributed by atoms with Gasteiger partial charge in [-0.15, -0.1) is 0 Å². The molecule has 0 spiro atoms. The molecule has 0 bridgehead atoms. The first-order valence-electron chi connectivity index (χ1n) is 5.31. The molecule has 0 aliphatic rings. The van der Waals surface area contributed by atoms with Crippen LogP contribution < -0.4 is 16.8 Å². The van der Waals surface area contributed by atoms with Crippen LogP contribution in [0.2, 0.25) is 0 Å². The Morgan fingerprint density at radius 3 is 2.41 bits per heavy atom. The van der Waals surface area contributed by atoms with Crippen LogP contribution in [-0.4, -0.2) is 23.9 Å². The third-order valence-corrected chi connectivity index (χ3v) is 2.36. The van der Waals surface area contributed by atoms with Crippen molar-refractivity contribution in [3.8, 4) is 0 Å². The van der Waals surface area contributed by atoms with Crippen LogP contribution in [0.4, 0.5) is 0 Å². The molecule has 0 radical (unpaired) electrons. The summed E-state index contributed by atoms with van der Waals surface area (Å²) in [6.45, 7) is 1.43. The number of nitrogens with one attached hydrogen (secondary N) is 1. The second-order valence-electron chi connectivity index (χ2n) is 4.23. The minimum absolute atomic E-state index is 0.194. The van der Waals surface area contributed by atoms with Crippen LogP contribution >= 0.6 is 0 Å². The molecule has 5 heteroatoms. The number of carbonyl (C=O) groups is 2. The molecule has 0 heterocycles. The number of rotatable bonds is 5. The maximum absolute atomic E-state index is 11.7. The molecule has 0 aromatic heterocycles. The van der Waals surface area contributed by atoms with E-state index in [-0.39, 0.29) is 12.5 Å². The van der Waals surface area contributed by atoms with Crippen molar-refractivity contribution >= 4 is 11.8 Å². The molecule has 1 atom stereocenters. The largest absolute Gasteiger partial charge is 0.368 e. The molecule has 5 nitrogen and oxygen atoms in total. The summed E-state index contributed by atoms with van der Waals surface area (Å²) in [5.41, 5.74) is 10.8. The van der Waals surface area contributed by atoms with Gasteiger partial charge in [-0.05, 0) is 18.9 Å². The maximum atomic E-state index is 11.7. The van der Waals surface area contributed by atoms with Gasteiger partial charge in [0.25, 0.3) is 0 Å². The van der Waals surface area contributed by atoms with Gasteiger partial charge in [-0.3, -0.25) is 9.59 Å². The number of primary amides is 1. The van der Waals surface area contributed by atoms with Gasteiger partial charge >= 0.3 is 0 Å². The normalized spacial score (nSPS) is 13.8. The Labute approximate surface area is 100 Å². The predicted molar refractivity (Wildman–Crippen MR) is 64.9 cm³/mol. The minimum Gasteiger partial charge on any atom is -0.368 e. The van der Waals surface area contributed by atoms with E-state index in [2.05, 4.69) is 5.32 Å². The van der Waals surface area contributed by atoms with Crippen LogP contribution in [0.1, 0.15) is 12.5 Å². The van der Waals surface area contributed by atoms with Gasteiger partial charge in [-0.25, -0.2) is 0 Å². The maximum Gasteiger partial charge on any atom is 0.240 e. The third-order valence-electron chi connectivity index (χ3n) is 2.36. The van der Waals surface area contributed by atoms with Crippen molar-refractivity contribution in [1.82, 2.24) is 5.32 Å². The van der Waals surface area contributed by atoms with Crippen molar-refractivity contribution in [2.75, 3.05) is 6.54 Å². The van der Waals surface area contributed by atoms with Crippen molar-refractivity contribution in [3.05, 3.63) is 35.9 Å². The van der Waals surface area contributed by atoms with Crippen molar-refractivity contribution in [2.45, 2.75) is 18.9 Å². The summed E-state index contributed by atoms with van der Waals surface area (Å²) < 4.78 is 0. The van der Waals surface area contributed by atoms with Crippen LogP contribution in [0.15, 0.2) is 30.3 Å². The molecule has 1 aromatic carbocycles. The number of hydrogen-bond acceptors (Lipinski definition) is 3. The quantitative estimate of drug-likeness (QED) is 0.644. The molecular formula is C12H17N3O2. The summed E-state index contributed by atoms with van der Waals surface area (Å²) in [5, 5.41) is 2.40. The van der Waals surface area contributed by atoms with Crippen molar-refractivity contribution < 1.29 is 9.59 Å². The molecule has 0 unspecified atom stereocenters. The topological polar surface area (TPSA) is 98.2 Å². The molecule has 92 valence electrons. The Hall–Kier alpha value is -1.88. The minimum atomic E-state index is -1.06. The Kier molecular flexibility index (Phi) is 4.23. The lowest BCUT2D eigenvalue weighted by Crippen LogP contribution is -2.54. The summed E-state index contributed by atoms with van der Waals surface area (Å²) in [6.07, 6.45) is 0.401. The monoisotopic (exact) mass is 235 g/mol. The van der Waals surface area contributed by atoms with Gasteiger partial charge in [-0.2, -0.15) is 0 Å². The fourth-order valence-corrected chi connectivity index (χ4v) is 1.47. The van der Waals surface area contributed by atoms with Gasteiger partial charge in [-0.1, -0.05) is 30.3 Å². The molecule has 0 saturated carbocycles. The summed E-state index contributed by atoms with van der Waals surface area (Å²) in [6, 6.07) is 9.45. The van der Waals surface area contributed by atoms with Crippen molar-refractivity contribution in [2.24, 2.45) is 11.5 Å². The second kappa shape index (κ2) is 5.45. The molecule has 1 aromatic rings. The lowest BCUT2D eigenvalue weighted by molar-refractivity contribution is -0.128. The third kappa shape index (κ3) is 4.24. The molecule has 5 N–H and O–H groups in total. The molecule has 0 saturated heterocycles. The van der Waals surface area contributed by atoms with E-state index in [1.807, 2.05) is 30.3 Å². The number of benzene rings is 1. The fourth-order valence-electron chi connectivity index (χ4n) is 1.47. The standard InChI is InChI=1S/C12H17N3O2/c1-12(14,11(17)15-8-10(13)16)7-9-5-3-2-4-6-9/h2-6H,7-8,14H2,1H3,(H2,13,16)(H,15,17)/t12-/m0/s1. The number of carbonyl (C=O) groups excluding carboxylic acids is 2. The van der Waals surface area contributed by atoms with Gasteiger partial charge in [0.05, 0.1) is 12.1 Å². The van der Waals surface area contributed by atoms with E-state index in [4.69, 9.17) is 11.5 Å². The lowest BCUT2D eigenvalue weighted by Gasteiger charge is -2.23. The predicted octanol–water partition coefficient (Wildman–Crippen LogP) is -0.452. The Morgan fingerprint density at radius 2 is 1.88 bits per heavy atom. The fraction of sp³-hybridized carbons (Fsp3) is 0.333. The van der Waals surface area contributed by atoms with Crippen LogP contribution in [0, 0.1) is 0 Å². The summed E-state index contributed by atoms with van der Waals surface area (Å²) in [4.78, 5) is 22.3. The highest BCUT2D eigenvalue weighted by Gasteiger charge is 2.28. The van der Waals surface area contributed by atoms with E-state index in [9.17, 15) is 9.59 Å². The van der Waals surface area contributed by atoms with Crippen LogP contribution in [0.25, 0.3) is 0 Å². The van der Waals surface area contributed by atoms with Crippen LogP contribution in [-0.2, 0) is 16.0 Å². The smallest absolute Gasteiger partial charge is 0.240 e. The zero-order valence-corrected chi connectivity index (χ0v) is 9.77. The van der Waals surface area contributed by atoms with Gasteiger partial charge in [0.2, 0.25) is 11.8 Å². The van der Waals surface area contributed by atoms with Gasteiger partial charge < -0.3 is 16.8 Å². The van der Waals surface area contributed by atoms with E-state index in [0.29, 0.717) is 6.42 Å². The Balaban J connectivity index is 2.61. The first-order valence-corrected chi connectivity index (χ1v) is 5.31. The molecule has 17 heavy (non-hydrogen) atoms. The number of hydrogen-bond donors (Lipinski definition) is 3. The molecule has 0 fully saturated rings. The zero-order chi connectivity index (χ0) is 12.9. The van der Waals surface area contributed by atoms with Crippen molar-refractivity contribution in [3.63, 3.8) is 0 Å². The first-order chi connectivity index (χ1) is 7.92.